The van der Waals surface area contributed by atoms with Gasteiger partial charge >= 0.3 is 0 Å². The van der Waals surface area contributed by atoms with E-state index in [1.54, 1.807) is 4.90 Å². The minimum absolute atomic E-state index is 0.0952. The van der Waals surface area contributed by atoms with E-state index < -0.39 is 0 Å². The summed E-state index contributed by atoms with van der Waals surface area (Å²) in [6.07, 6.45) is 2.17. The fourth-order valence-electron chi connectivity index (χ4n) is 3.79. The van der Waals surface area contributed by atoms with E-state index in [-0.39, 0.29) is 12.0 Å². The summed E-state index contributed by atoms with van der Waals surface area (Å²) in [4.78, 5) is 16.5. The molecule has 0 spiro atoms. The van der Waals surface area contributed by atoms with Gasteiger partial charge in [0.1, 0.15) is 6.10 Å². The first-order chi connectivity index (χ1) is 12.0. The molecule has 2 saturated heterocycles. The topological polar surface area (TPSA) is 42.0 Å². The third-order valence-electron chi connectivity index (χ3n) is 4.93. The van der Waals surface area contributed by atoms with Crippen LogP contribution < -0.4 is 0 Å². The third-order valence-corrected chi connectivity index (χ3v) is 4.93. The van der Waals surface area contributed by atoms with Crippen molar-refractivity contribution < 1.29 is 14.3 Å². The zero-order valence-corrected chi connectivity index (χ0v) is 15.6. The zero-order valence-electron chi connectivity index (χ0n) is 15.6. The summed E-state index contributed by atoms with van der Waals surface area (Å²) in [7, 11) is 1.86. The summed E-state index contributed by atoms with van der Waals surface area (Å²) in [5.74, 6) is 0.0952. The predicted octanol–water partition coefficient (Wildman–Crippen LogP) is 2.43. The molecule has 3 atom stereocenters. The highest BCUT2D eigenvalue weighted by Crippen LogP contribution is 2.17. The Labute approximate surface area is 150 Å². The molecule has 0 aliphatic carbocycles. The van der Waals surface area contributed by atoms with E-state index in [9.17, 15) is 4.79 Å². The Kier molecular flexibility index (Phi) is 6.10. The highest BCUT2D eigenvalue weighted by atomic mass is 16.5. The fraction of sp³-hybridized carbons (Fsp3) is 0.650. The van der Waals surface area contributed by atoms with Gasteiger partial charge in [0.25, 0.3) is 5.91 Å². The van der Waals surface area contributed by atoms with Crippen LogP contribution in [-0.2, 0) is 27.4 Å². The maximum atomic E-state index is 12.3. The van der Waals surface area contributed by atoms with Crippen molar-refractivity contribution in [3.8, 4) is 0 Å². The molecule has 1 aromatic carbocycles. The highest BCUT2D eigenvalue weighted by Gasteiger charge is 2.26. The second-order valence-corrected chi connectivity index (χ2v) is 7.46. The average molecular weight is 346 g/mol. The van der Waals surface area contributed by atoms with Gasteiger partial charge in [-0.05, 0) is 37.8 Å². The Hall–Kier alpha value is -1.43. The lowest BCUT2D eigenvalue weighted by molar-refractivity contribution is -0.140. The van der Waals surface area contributed by atoms with Crippen molar-refractivity contribution in [3.63, 3.8) is 0 Å². The number of ether oxygens (including phenoxy) is 2. The molecule has 0 bridgehead atoms. The van der Waals surface area contributed by atoms with Gasteiger partial charge in [-0.1, -0.05) is 24.3 Å². The van der Waals surface area contributed by atoms with Crippen LogP contribution in [0.1, 0.15) is 37.8 Å². The van der Waals surface area contributed by atoms with E-state index in [2.05, 4.69) is 43.0 Å². The van der Waals surface area contributed by atoms with Crippen LogP contribution in [0.25, 0.3) is 0 Å². The second kappa shape index (κ2) is 8.30. The third kappa shape index (κ3) is 5.03. The summed E-state index contributed by atoms with van der Waals surface area (Å²) in [6, 6.07) is 8.60. The van der Waals surface area contributed by atoms with Gasteiger partial charge in [0.05, 0.1) is 12.2 Å². The van der Waals surface area contributed by atoms with Crippen molar-refractivity contribution in [2.45, 2.75) is 58.1 Å². The number of amides is 1. The van der Waals surface area contributed by atoms with E-state index >= 15 is 0 Å². The summed E-state index contributed by atoms with van der Waals surface area (Å²) in [6.45, 7) is 8.50. The molecule has 25 heavy (non-hydrogen) atoms. The number of morpholine rings is 1. The van der Waals surface area contributed by atoms with Crippen molar-refractivity contribution in [3.05, 3.63) is 35.4 Å². The average Bonchev–Trinajstić information content (AvgIpc) is 3.09. The van der Waals surface area contributed by atoms with Gasteiger partial charge in [0.2, 0.25) is 0 Å². The van der Waals surface area contributed by atoms with Crippen LogP contribution in [0.15, 0.2) is 24.3 Å². The molecule has 2 aliphatic heterocycles. The smallest absolute Gasteiger partial charge is 0.251 e. The minimum atomic E-state index is -0.241. The van der Waals surface area contributed by atoms with Crippen molar-refractivity contribution in [2.24, 2.45) is 0 Å². The Morgan fingerprint density at radius 1 is 1.16 bits per heavy atom. The molecule has 0 aromatic heterocycles. The Morgan fingerprint density at radius 3 is 2.40 bits per heavy atom. The van der Waals surface area contributed by atoms with Gasteiger partial charge < -0.3 is 14.4 Å². The second-order valence-electron chi connectivity index (χ2n) is 7.46. The minimum Gasteiger partial charge on any atom is -0.373 e. The Balaban J connectivity index is 1.52. The van der Waals surface area contributed by atoms with Crippen molar-refractivity contribution in [1.82, 2.24) is 9.80 Å². The molecule has 0 unspecified atom stereocenters. The molecule has 2 aliphatic rings. The molecule has 2 fully saturated rings. The van der Waals surface area contributed by atoms with Crippen LogP contribution in [0.5, 0.6) is 0 Å². The van der Waals surface area contributed by atoms with E-state index in [0.29, 0.717) is 25.4 Å². The molecular weight excluding hydrogens is 316 g/mol. The lowest BCUT2D eigenvalue weighted by Gasteiger charge is -2.35. The first-order valence-corrected chi connectivity index (χ1v) is 9.33. The molecule has 5 heteroatoms. The maximum absolute atomic E-state index is 12.3. The van der Waals surface area contributed by atoms with Crippen molar-refractivity contribution in [1.29, 1.82) is 0 Å². The summed E-state index contributed by atoms with van der Waals surface area (Å²) < 4.78 is 11.3. The number of hydrogen-bond acceptors (Lipinski definition) is 4. The molecule has 5 nitrogen and oxygen atoms in total. The lowest BCUT2D eigenvalue weighted by Crippen LogP contribution is -2.44. The number of nitrogens with zero attached hydrogens (tertiary/aromatic N) is 2. The summed E-state index contributed by atoms with van der Waals surface area (Å²) >= 11 is 0. The monoisotopic (exact) mass is 346 g/mol. The number of rotatable bonds is 5. The predicted molar refractivity (Wildman–Crippen MR) is 97.2 cm³/mol. The Bertz CT molecular complexity index is 559. The van der Waals surface area contributed by atoms with Gasteiger partial charge in [-0.15, -0.1) is 0 Å². The molecule has 138 valence electrons. The normalized spacial score (nSPS) is 27.4. The standard InChI is InChI=1S/C20H30N2O3/c1-15-11-22(12-16(2)25-15)14-18-8-6-17(7-9-18)13-21(3)20(23)19-5-4-10-24-19/h6-9,15-16,19H,4-5,10-14H2,1-3H3/t15-,16+,19-/m1/s1. The molecule has 0 N–H and O–H groups in total. The van der Waals surface area contributed by atoms with E-state index in [0.717, 1.165) is 38.0 Å². The molecule has 2 heterocycles. The maximum Gasteiger partial charge on any atom is 0.251 e. The van der Waals surface area contributed by atoms with Gasteiger partial charge in [-0.25, -0.2) is 0 Å². The van der Waals surface area contributed by atoms with Crippen LogP contribution in [0.2, 0.25) is 0 Å². The van der Waals surface area contributed by atoms with Crippen LogP contribution >= 0.6 is 0 Å². The molecule has 1 amide bonds. The first-order valence-electron chi connectivity index (χ1n) is 9.33. The molecule has 0 saturated carbocycles. The number of hydrogen-bond donors (Lipinski definition) is 0. The molecule has 3 rings (SSSR count). The van der Waals surface area contributed by atoms with Gasteiger partial charge in [-0.2, -0.15) is 0 Å². The largest absolute Gasteiger partial charge is 0.373 e. The van der Waals surface area contributed by atoms with E-state index in [1.807, 2.05) is 7.05 Å². The lowest BCUT2D eigenvalue weighted by atomic mass is 10.1. The van der Waals surface area contributed by atoms with Crippen LogP contribution in [0.4, 0.5) is 0 Å². The van der Waals surface area contributed by atoms with E-state index in [1.165, 1.54) is 5.56 Å². The zero-order chi connectivity index (χ0) is 17.8. The Morgan fingerprint density at radius 2 is 1.80 bits per heavy atom. The van der Waals surface area contributed by atoms with Crippen molar-refractivity contribution >= 4 is 5.91 Å². The quantitative estimate of drug-likeness (QED) is 0.821. The van der Waals surface area contributed by atoms with E-state index in [4.69, 9.17) is 9.47 Å². The fourth-order valence-corrected chi connectivity index (χ4v) is 3.79. The van der Waals surface area contributed by atoms with Crippen LogP contribution in [0, 0.1) is 0 Å². The SMILES string of the molecule is C[C@@H]1CN(Cc2ccc(CN(C)C(=O)[C@H]3CCCO3)cc2)C[C@H](C)O1. The number of carbonyl (C=O) groups is 1. The molecular formula is C20H30N2O3. The van der Waals surface area contributed by atoms with Crippen LogP contribution in [-0.4, -0.2) is 60.8 Å². The highest BCUT2D eigenvalue weighted by molar-refractivity contribution is 5.80. The van der Waals surface area contributed by atoms with Crippen LogP contribution in [0.3, 0.4) is 0 Å². The number of likely N-dealkylation sites (N-methyl/N-ethyl adjacent to an activating group) is 1. The number of benzene rings is 1. The summed E-state index contributed by atoms with van der Waals surface area (Å²) in [5.41, 5.74) is 2.46. The summed E-state index contributed by atoms with van der Waals surface area (Å²) in [5, 5.41) is 0. The van der Waals surface area contributed by atoms with Gasteiger partial charge in [0, 0.05) is 39.8 Å². The number of carbonyl (C=O) groups excluding carboxylic acids is 1. The first kappa shape index (κ1) is 18.4. The molecule has 1 aromatic rings. The molecule has 0 radical (unpaired) electrons. The van der Waals surface area contributed by atoms with Gasteiger partial charge in [0.15, 0.2) is 0 Å². The van der Waals surface area contributed by atoms with Gasteiger partial charge in [-0.3, -0.25) is 9.69 Å². The van der Waals surface area contributed by atoms with Crippen molar-refractivity contribution in [2.75, 3.05) is 26.7 Å².